The van der Waals surface area contributed by atoms with Gasteiger partial charge in [-0.2, -0.15) is 13.2 Å². The summed E-state index contributed by atoms with van der Waals surface area (Å²) in [6.45, 7) is 6.71. The van der Waals surface area contributed by atoms with Crippen LogP contribution >= 0.6 is 0 Å². The van der Waals surface area contributed by atoms with Crippen LogP contribution in [0.25, 0.3) is 0 Å². The Labute approximate surface area is 123 Å². The summed E-state index contributed by atoms with van der Waals surface area (Å²) in [5, 5.41) is 0. The van der Waals surface area contributed by atoms with E-state index in [1.165, 1.54) is 4.90 Å². The van der Waals surface area contributed by atoms with Crippen molar-refractivity contribution in [3.05, 3.63) is 47.7 Å². The van der Waals surface area contributed by atoms with Crippen LogP contribution in [0, 0.1) is 6.92 Å². The van der Waals surface area contributed by atoms with Crippen LogP contribution in [-0.4, -0.2) is 29.7 Å². The highest BCUT2D eigenvalue weighted by Crippen LogP contribution is 2.38. The third-order valence-corrected chi connectivity index (χ3v) is 4.39. The summed E-state index contributed by atoms with van der Waals surface area (Å²) in [7, 11) is 0. The number of likely N-dealkylation sites (tertiary alicyclic amines) is 1. The van der Waals surface area contributed by atoms with E-state index in [2.05, 4.69) is 12.3 Å². The van der Waals surface area contributed by atoms with Gasteiger partial charge in [-0.15, -0.1) is 0 Å². The number of piperidine rings is 1. The molecule has 2 nitrogen and oxygen atoms in total. The second-order valence-electron chi connectivity index (χ2n) is 5.87. The first-order valence-electron chi connectivity index (χ1n) is 7.11. The molecule has 0 saturated carbocycles. The van der Waals surface area contributed by atoms with Crippen molar-refractivity contribution in [1.29, 1.82) is 0 Å². The van der Waals surface area contributed by atoms with Crippen molar-refractivity contribution in [1.82, 2.24) is 4.90 Å². The Kier molecular flexibility index (Phi) is 4.33. The number of benzene rings is 1. The fourth-order valence-corrected chi connectivity index (χ4v) is 3.18. The monoisotopic (exact) mass is 299 g/mol. The van der Waals surface area contributed by atoms with E-state index < -0.39 is 12.7 Å². The smallest absolute Gasteiger partial charge is 0.358 e. The average Bonchev–Trinajstić information content (AvgIpc) is 2.39. The standard InChI is InChI=1S/C16H21F3N2/c1-10-6-4-5-7-13(10)14-8-15(20)12(3)21(11(14)2)9-16(17,18)19/h4-7,11,14-15H,3,8-9,20H2,1-2H3/p+1. The fraction of sp³-hybridized carbons (Fsp3) is 0.500. The van der Waals surface area contributed by atoms with E-state index in [1.807, 2.05) is 38.1 Å². The van der Waals surface area contributed by atoms with Gasteiger partial charge in [0.2, 0.25) is 0 Å². The minimum Gasteiger partial charge on any atom is -0.358 e. The third kappa shape index (κ3) is 3.40. The Balaban J connectivity index is 2.32. The zero-order chi connectivity index (χ0) is 15.8. The van der Waals surface area contributed by atoms with Crippen molar-refractivity contribution >= 4 is 0 Å². The number of hydrogen-bond acceptors (Lipinski definition) is 1. The largest absolute Gasteiger partial charge is 0.405 e. The first-order valence-corrected chi connectivity index (χ1v) is 7.11. The van der Waals surface area contributed by atoms with E-state index >= 15 is 0 Å². The summed E-state index contributed by atoms with van der Waals surface area (Å²) in [5.74, 6) is 0.0431. The molecule has 3 unspecified atom stereocenters. The second-order valence-corrected chi connectivity index (χ2v) is 5.87. The van der Waals surface area contributed by atoms with Gasteiger partial charge in [-0.25, -0.2) is 0 Å². The van der Waals surface area contributed by atoms with Gasteiger partial charge in [-0.1, -0.05) is 30.8 Å². The highest BCUT2D eigenvalue weighted by molar-refractivity contribution is 5.32. The highest BCUT2D eigenvalue weighted by atomic mass is 19.4. The van der Waals surface area contributed by atoms with E-state index in [4.69, 9.17) is 0 Å². The zero-order valence-electron chi connectivity index (χ0n) is 12.5. The Hall–Kier alpha value is -1.49. The van der Waals surface area contributed by atoms with Gasteiger partial charge in [0.05, 0.1) is 5.70 Å². The summed E-state index contributed by atoms with van der Waals surface area (Å²) in [6, 6.07) is 7.46. The van der Waals surface area contributed by atoms with Gasteiger partial charge in [0.1, 0.15) is 12.6 Å². The summed E-state index contributed by atoms with van der Waals surface area (Å²) in [4.78, 5) is 1.37. The lowest BCUT2D eigenvalue weighted by molar-refractivity contribution is -0.417. The summed E-state index contributed by atoms with van der Waals surface area (Å²) >= 11 is 0. The molecule has 21 heavy (non-hydrogen) atoms. The maximum atomic E-state index is 12.8. The lowest BCUT2D eigenvalue weighted by Gasteiger charge is -2.44. The quantitative estimate of drug-likeness (QED) is 0.894. The van der Waals surface area contributed by atoms with Gasteiger partial charge in [-0.05, 0) is 25.0 Å². The van der Waals surface area contributed by atoms with E-state index in [-0.39, 0.29) is 18.0 Å². The van der Waals surface area contributed by atoms with Gasteiger partial charge in [0, 0.05) is 18.4 Å². The van der Waals surface area contributed by atoms with E-state index in [0.717, 1.165) is 17.5 Å². The van der Waals surface area contributed by atoms with Crippen molar-refractivity contribution in [2.75, 3.05) is 6.54 Å². The van der Waals surface area contributed by atoms with Crippen molar-refractivity contribution in [3.63, 3.8) is 0 Å². The van der Waals surface area contributed by atoms with Crippen molar-refractivity contribution in [3.8, 4) is 0 Å². The lowest BCUT2D eigenvalue weighted by Crippen LogP contribution is -2.68. The molecule has 116 valence electrons. The van der Waals surface area contributed by atoms with Gasteiger partial charge in [0.15, 0.2) is 0 Å². The zero-order valence-corrected chi connectivity index (χ0v) is 12.5. The molecule has 3 N–H and O–H groups in total. The SMILES string of the molecule is C=C1C([NH3+])CC(c2ccccc2C)C(C)N1CC(F)(F)F. The predicted octanol–water partition coefficient (Wildman–Crippen LogP) is 2.86. The van der Waals surface area contributed by atoms with Crippen LogP contribution in [0.5, 0.6) is 0 Å². The normalized spacial score (nSPS) is 27.0. The molecule has 2 rings (SSSR count). The van der Waals surface area contributed by atoms with Crippen LogP contribution in [0.15, 0.2) is 36.5 Å². The number of halogens is 3. The molecule has 1 heterocycles. The van der Waals surface area contributed by atoms with Gasteiger partial charge < -0.3 is 10.6 Å². The maximum Gasteiger partial charge on any atom is 0.405 e. The molecule has 0 aromatic heterocycles. The molecular formula is C16H22F3N2+. The summed E-state index contributed by atoms with van der Waals surface area (Å²) in [6.07, 6.45) is -3.50. The van der Waals surface area contributed by atoms with E-state index in [9.17, 15) is 13.2 Å². The summed E-state index contributed by atoms with van der Waals surface area (Å²) < 4.78 is 38.5. The average molecular weight is 299 g/mol. The van der Waals surface area contributed by atoms with Crippen LogP contribution in [0.4, 0.5) is 13.2 Å². The molecule has 0 spiro atoms. The van der Waals surface area contributed by atoms with Crippen LogP contribution in [0.1, 0.15) is 30.4 Å². The van der Waals surface area contributed by atoms with Crippen LogP contribution in [0.2, 0.25) is 0 Å². The first kappa shape index (κ1) is 15.9. The maximum absolute atomic E-state index is 12.8. The highest BCUT2D eigenvalue weighted by Gasteiger charge is 2.42. The van der Waals surface area contributed by atoms with Crippen molar-refractivity contribution in [2.45, 2.75) is 44.4 Å². The number of quaternary nitrogens is 1. The molecule has 5 heteroatoms. The van der Waals surface area contributed by atoms with E-state index in [1.54, 1.807) is 0 Å². The minimum atomic E-state index is -4.23. The van der Waals surface area contributed by atoms with Crippen LogP contribution in [-0.2, 0) is 0 Å². The molecule has 1 aliphatic heterocycles. The molecule has 0 aliphatic carbocycles. The number of nitrogens with zero attached hydrogens (tertiary/aromatic N) is 1. The Morgan fingerprint density at radius 2 is 1.95 bits per heavy atom. The van der Waals surface area contributed by atoms with Gasteiger partial charge >= 0.3 is 6.18 Å². The Morgan fingerprint density at radius 3 is 2.52 bits per heavy atom. The number of hydrogen-bond donors (Lipinski definition) is 1. The molecule has 0 amide bonds. The number of rotatable bonds is 2. The summed E-state index contributed by atoms with van der Waals surface area (Å²) in [5.41, 5.74) is 6.70. The van der Waals surface area contributed by atoms with Crippen LogP contribution < -0.4 is 5.73 Å². The topological polar surface area (TPSA) is 30.9 Å². The van der Waals surface area contributed by atoms with E-state index in [0.29, 0.717) is 5.70 Å². The lowest BCUT2D eigenvalue weighted by atomic mass is 9.79. The molecular weight excluding hydrogens is 277 g/mol. The molecule has 1 aromatic rings. The molecule has 0 bridgehead atoms. The molecule has 1 saturated heterocycles. The molecule has 1 aromatic carbocycles. The minimum absolute atomic E-state index is 0.0431. The fourth-order valence-electron chi connectivity index (χ4n) is 3.18. The Bertz CT molecular complexity index is 524. The van der Waals surface area contributed by atoms with Crippen molar-refractivity contribution in [2.24, 2.45) is 0 Å². The Morgan fingerprint density at radius 1 is 1.33 bits per heavy atom. The van der Waals surface area contributed by atoms with Crippen LogP contribution in [0.3, 0.4) is 0 Å². The van der Waals surface area contributed by atoms with Gasteiger partial charge in [0.25, 0.3) is 0 Å². The predicted molar refractivity (Wildman–Crippen MR) is 76.6 cm³/mol. The number of aryl methyl sites for hydroxylation is 1. The number of alkyl halides is 3. The van der Waals surface area contributed by atoms with Gasteiger partial charge in [-0.3, -0.25) is 0 Å². The third-order valence-electron chi connectivity index (χ3n) is 4.39. The van der Waals surface area contributed by atoms with Crippen molar-refractivity contribution < 1.29 is 18.9 Å². The molecule has 0 radical (unpaired) electrons. The molecule has 1 aliphatic rings. The second kappa shape index (κ2) is 5.72. The first-order chi connectivity index (χ1) is 9.70. The molecule has 1 fully saturated rings. The molecule has 3 atom stereocenters.